The van der Waals surface area contributed by atoms with Crippen molar-refractivity contribution in [3.05, 3.63) is 48.0 Å². The minimum atomic E-state index is -0.351. The zero-order chi connectivity index (χ0) is 17.8. The van der Waals surface area contributed by atoms with E-state index in [9.17, 15) is 9.18 Å². The zero-order valence-corrected chi connectivity index (χ0v) is 14.4. The Kier molecular flexibility index (Phi) is 5.11. The molecule has 1 aromatic heterocycles. The summed E-state index contributed by atoms with van der Waals surface area (Å²) in [6.45, 7) is 4.89. The number of amides is 1. The van der Waals surface area contributed by atoms with Gasteiger partial charge >= 0.3 is 6.09 Å². The summed E-state index contributed by atoms with van der Waals surface area (Å²) in [7, 11) is 0. The number of aromatic nitrogens is 3. The van der Waals surface area contributed by atoms with Gasteiger partial charge in [-0.2, -0.15) is 0 Å². The minimum absolute atomic E-state index is 0.0847. The van der Waals surface area contributed by atoms with Gasteiger partial charge in [-0.25, -0.2) is 13.9 Å². The predicted octanol–water partition coefficient (Wildman–Crippen LogP) is 3.43. The molecule has 1 atom stereocenters. The molecule has 2 heterocycles. The number of hydrogen-bond acceptors (Lipinski definition) is 4. The third kappa shape index (κ3) is 3.87. The number of halogens is 1. The van der Waals surface area contributed by atoms with E-state index in [-0.39, 0.29) is 18.0 Å². The molecule has 1 unspecified atom stereocenters. The first-order chi connectivity index (χ1) is 12.1. The van der Waals surface area contributed by atoms with E-state index in [1.165, 1.54) is 10.7 Å². The summed E-state index contributed by atoms with van der Waals surface area (Å²) in [6, 6.07) is 6.42. The second-order valence-electron chi connectivity index (χ2n) is 6.03. The maximum Gasteiger partial charge on any atom is 0.410 e. The predicted molar refractivity (Wildman–Crippen MR) is 91.7 cm³/mol. The molecule has 132 valence electrons. The second kappa shape index (κ2) is 7.46. The van der Waals surface area contributed by atoms with E-state index in [0.717, 1.165) is 12.0 Å². The van der Waals surface area contributed by atoms with Crippen molar-refractivity contribution in [3.63, 3.8) is 0 Å². The molecule has 7 heteroatoms. The maximum atomic E-state index is 13.8. The molecular formula is C18H21FN4O2. The van der Waals surface area contributed by atoms with Crippen molar-refractivity contribution < 1.29 is 13.9 Å². The first kappa shape index (κ1) is 17.1. The molecule has 1 aliphatic heterocycles. The van der Waals surface area contributed by atoms with Crippen LogP contribution < -0.4 is 0 Å². The summed E-state index contributed by atoms with van der Waals surface area (Å²) in [5.74, 6) is -0.351. The number of nitrogens with zero attached hydrogens (tertiary/aromatic N) is 4. The molecule has 25 heavy (non-hydrogen) atoms. The molecule has 0 N–H and O–H groups in total. The average Bonchev–Trinajstić information content (AvgIpc) is 3.12. The van der Waals surface area contributed by atoms with E-state index < -0.39 is 0 Å². The monoisotopic (exact) mass is 344 g/mol. The third-order valence-electron chi connectivity index (χ3n) is 4.27. The van der Waals surface area contributed by atoms with Gasteiger partial charge in [-0.05, 0) is 37.5 Å². The van der Waals surface area contributed by atoms with Crippen LogP contribution in [0.4, 0.5) is 9.18 Å². The van der Waals surface area contributed by atoms with Gasteiger partial charge in [-0.3, -0.25) is 0 Å². The number of hydrogen-bond donors (Lipinski definition) is 0. The van der Waals surface area contributed by atoms with Crippen LogP contribution in [0.5, 0.6) is 0 Å². The molecule has 0 aliphatic carbocycles. The van der Waals surface area contributed by atoms with Gasteiger partial charge < -0.3 is 9.64 Å². The second-order valence-corrected chi connectivity index (χ2v) is 6.03. The molecule has 0 saturated carbocycles. The Hall–Kier alpha value is -2.70. The molecule has 0 saturated heterocycles. The normalized spacial score (nSPS) is 15.6. The Morgan fingerprint density at radius 2 is 2.20 bits per heavy atom. The molecule has 0 radical (unpaired) electrons. The number of ether oxygens (including phenoxy) is 1. The fourth-order valence-electron chi connectivity index (χ4n) is 2.56. The molecule has 1 aromatic carbocycles. The minimum Gasteiger partial charge on any atom is -0.446 e. The highest BCUT2D eigenvalue weighted by Gasteiger charge is 2.21. The van der Waals surface area contributed by atoms with Gasteiger partial charge in [-0.1, -0.05) is 30.3 Å². The Morgan fingerprint density at radius 1 is 1.40 bits per heavy atom. The maximum absolute atomic E-state index is 13.8. The summed E-state index contributed by atoms with van der Waals surface area (Å²) < 4.78 is 20.6. The Labute approximate surface area is 145 Å². The highest BCUT2D eigenvalue weighted by molar-refractivity contribution is 5.71. The first-order valence-corrected chi connectivity index (χ1v) is 8.40. The summed E-state index contributed by atoms with van der Waals surface area (Å²) in [4.78, 5) is 13.7. The summed E-state index contributed by atoms with van der Waals surface area (Å²) in [6.07, 6.45) is 4.72. The van der Waals surface area contributed by atoms with Gasteiger partial charge in [0.05, 0.1) is 6.20 Å². The summed E-state index contributed by atoms with van der Waals surface area (Å²) in [5.41, 5.74) is 2.05. The van der Waals surface area contributed by atoms with E-state index in [1.54, 1.807) is 29.3 Å². The average molecular weight is 344 g/mol. The van der Waals surface area contributed by atoms with Crippen LogP contribution in [0.15, 0.2) is 36.5 Å². The zero-order valence-electron chi connectivity index (χ0n) is 14.4. The Balaban J connectivity index is 1.68. The number of para-hydroxylation sites is 1. The molecule has 0 spiro atoms. The lowest BCUT2D eigenvalue weighted by molar-refractivity contribution is 0.0713. The van der Waals surface area contributed by atoms with Crippen LogP contribution in [0.2, 0.25) is 0 Å². The van der Waals surface area contributed by atoms with E-state index >= 15 is 0 Å². The van der Waals surface area contributed by atoms with Crippen molar-refractivity contribution in [1.82, 2.24) is 19.9 Å². The highest BCUT2D eigenvalue weighted by Crippen LogP contribution is 2.22. The SMILES string of the molecule is CCC(C)OC(=O)N1CC=C(c2cn(-c3ccccc3F)nn2)CC1. The topological polar surface area (TPSA) is 60.2 Å². The van der Waals surface area contributed by atoms with Crippen LogP contribution in [0.3, 0.4) is 0 Å². The van der Waals surface area contributed by atoms with E-state index in [4.69, 9.17) is 4.74 Å². The highest BCUT2D eigenvalue weighted by atomic mass is 19.1. The van der Waals surface area contributed by atoms with Crippen molar-refractivity contribution in [2.45, 2.75) is 32.8 Å². The van der Waals surface area contributed by atoms with Crippen molar-refractivity contribution in [1.29, 1.82) is 0 Å². The van der Waals surface area contributed by atoms with Crippen LogP contribution in [-0.2, 0) is 4.74 Å². The van der Waals surface area contributed by atoms with Crippen LogP contribution in [0, 0.1) is 5.82 Å². The fourth-order valence-corrected chi connectivity index (χ4v) is 2.56. The Morgan fingerprint density at radius 3 is 2.88 bits per heavy atom. The molecule has 0 bridgehead atoms. The van der Waals surface area contributed by atoms with E-state index in [2.05, 4.69) is 10.3 Å². The van der Waals surface area contributed by atoms with Crippen molar-refractivity contribution in [2.24, 2.45) is 0 Å². The molecule has 1 aliphatic rings. The van der Waals surface area contributed by atoms with Crippen LogP contribution in [0.25, 0.3) is 11.3 Å². The van der Waals surface area contributed by atoms with E-state index in [0.29, 0.717) is 30.9 Å². The number of rotatable bonds is 4. The standard InChI is InChI=1S/C18H21FN4O2/c1-3-13(2)25-18(24)22-10-8-14(9-11-22)16-12-23(21-20-16)17-7-5-4-6-15(17)19/h4-8,12-13H,3,9-11H2,1-2H3. The molecule has 3 rings (SSSR count). The molecule has 6 nitrogen and oxygen atoms in total. The fraction of sp³-hybridized carbons (Fsp3) is 0.389. The van der Waals surface area contributed by atoms with Crippen LogP contribution in [-0.4, -0.2) is 45.2 Å². The van der Waals surface area contributed by atoms with Gasteiger partial charge in [0.2, 0.25) is 0 Å². The lowest BCUT2D eigenvalue weighted by atomic mass is 10.1. The number of carbonyl (C=O) groups excluding carboxylic acids is 1. The van der Waals surface area contributed by atoms with Crippen LogP contribution >= 0.6 is 0 Å². The molecule has 2 aromatic rings. The first-order valence-electron chi connectivity index (χ1n) is 8.40. The molecule has 0 fully saturated rings. The summed E-state index contributed by atoms with van der Waals surface area (Å²) in [5, 5.41) is 8.14. The van der Waals surface area contributed by atoms with Gasteiger partial charge in [0.1, 0.15) is 23.3 Å². The summed E-state index contributed by atoms with van der Waals surface area (Å²) >= 11 is 0. The molecule has 1 amide bonds. The van der Waals surface area contributed by atoms with Crippen molar-refractivity contribution >= 4 is 11.7 Å². The number of carbonyl (C=O) groups is 1. The lowest BCUT2D eigenvalue weighted by Crippen LogP contribution is -2.36. The van der Waals surface area contributed by atoms with Gasteiger partial charge in [0.15, 0.2) is 0 Å². The van der Waals surface area contributed by atoms with Gasteiger partial charge in [-0.15, -0.1) is 5.10 Å². The van der Waals surface area contributed by atoms with Gasteiger partial charge in [0.25, 0.3) is 0 Å². The third-order valence-corrected chi connectivity index (χ3v) is 4.27. The van der Waals surface area contributed by atoms with Crippen molar-refractivity contribution in [2.75, 3.05) is 13.1 Å². The van der Waals surface area contributed by atoms with Gasteiger partial charge in [0, 0.05) is 13.1 Å². The molecular weight excluding hydrogens is 323 g/mol. The quantitative estimate of drug-likeness (QED) is 0.852. The Bertz CT molecular complexity index is 787. The lowest BCUT2D eigenvalue weighted by Gasteiger charge is -2.26. The van der Waals surface area contributed by atoms with Crippen molar-refractivity contribution in [3.8, 4) is 5.69 Å². The largest absolute Gasteiger partial charge is 0.446 e. The van der Waals surface area contributed by atoms with Crippen LogP contribution in [0.1, 0.15) is 32.4 Å². The number of benzene rings is 1. The van der Waals surface area contributed by atoms with E-state index in [1.807, 2.05) is 19.9 Å². The smallest absolute Gasteiger partial charge is 0.410 e.